The first-order valence-electron chi connectivity index (χ1n) is 5.27. The molecule has 0 atom stereocenters. The largest absolute Gasteiger partial charge is 0.508 e. The first kappa shape index (κ1) is 9.72. The van der Waals surface area contributed by atoms with Crippen LogP contribution in [0.15, 0.2) is 48.7 Å². The number of nitrogens with two attached hydrogens (primary N) is 1. The van der Waals surface area contributed by atoms with E-state index in [4.69, 9.17) is 5.73 Å². The molecule has 3 rings (SSSR count). The number of aromatic hydroxyl groups is 1. The summed E-state index contributed by atoms with van der Waals surface area (Å²) in [6, 6.07) is 12.6. The number of pyridine rings is 1. The molecule has 4 heteroatoms. The molecule has 3 aromatic rings. The number of imidazole rings is 1. The maximum Gasteiger partial charge on any atom is 0.146 e. The van der Waals surface area contributed by atoms with Gasteiger partial charge < -0.3 is 10.8 Å². The Morgan fingerprint density at radius 3 is 2.76 bits per heavy atom. The Hall–Kier alpha value is -2.49. The van der Waals surface area contributed by atoms with Crippen LogP contribution in [-0.2, 0) is 0 Å². The second-order valence-corrected chi connectivity index (χ2v) is 3.84. The van der Waals surface area contributed by atoms with Gasteiger partial charge in [-0.25, -0.2) is 4.98 Å². The number of rotatable bonds is 1. The molecule has 0 saturated heterocycles. The lowest BCUT2D eigenvalue weighted by Crippen LogP contribution is -1.97. The van der Waals surface area contributed by atoms with Gasteiger partial charge in [-0.05, 0) is 24.3 Å². The predicted octanol–water partition coefficient (Wildman–Crippen LogP) is 2.29. The molecule has 0 aliphatic heterocycles. The quantitative estimate of drug-likeness (QED) is 0.667. The molecule has 0 radical (unpaired) electrons. The van der Waals surface area contributed by atoms with Crippen LogP contribution in [0.4, 0.5) is 5.82 Å². The summed E-state index contributed by atoms with van der Waals surface area (Å²) in [6.07, 6.45) is 1.76. The molecule has 17 heavy (non-hydrogen) atoms. The molecule has 0 unspecified atom stereocenters. The molecule has 2 aromatic heterocycles. The topological polar surface area (TPSA) is 63.5 Å². The van der Waals surface area contributed by atoms with Crippen molar-refractivity contribution in [3.63, 3.8) is 0 Å². The maximum atomic E-state index is 9.48. The molecule has 0 bridgehead atoms. The normalized spacial score (nSPS) is 10.8. The minimum atomic E-state index is 0.216. The highest BCUT2D eigenvalue weighted by Crippen LogP contribution is 2.24. The van der Waals surface area contributed by atoms with Gasteiger partial charge in [-0.1, -0.05) is 18.2 Å². The van der Waals surface area contributed by atoms with Gasteiger partial charge in [0.1, 0.15) is 17.4 Å². The summed E-state index contributed by atoms with van der Waals surface area (Å²) in [7, 11) is 0. The van der Waals surface area contributed by atoms with Crippen molar-refractivity contribution < 1.29 is 5.11 Å². The molecular formula is C13H11N3O. The third-order valence-corrected chi connectivity index (χ3v) is 2.69. The van der Waals surface area contributed by atoms with Crippen LogP contribution in [0.3, 0.4) is 0 Å². The van der Waals surface area contributed by atoms with Crippen LogP contribution in [0.2, 0.25) is 0 Å². The third-order valence-electron chi connectivity index (χ3n) is 2.69. The minimum absolute atomic E-state index is 0.216. The van der Waals surface area contributed by atoms with Crippen LogP contribution in [0.1, 0.15) is 0 Å². The van der Waals surface area contributed by atoms with E-state index in [1.54, 1.807) is 24.4 Å². The minimum Gasteiger partial charge on any atom is -0.508 e. The summed E-state index contributed by atoms with van der Waals surface area (Å²) in [4.78, 5) is 4.34. The van der Waals surface area contributed by atoms with Gasteiger partial charge in [-0.2, -0.15) is 0 Å². The lowest BCUT2D eigenvalue weighted by atomic mass is 10.2. The summed E-state index contributed by atoms with van der Waals surface area (Å²) in [5.41, 5.74) is 7.71. The maximum absolute atomic E-state index is 9.48. The number of aromatic nitrogens is 2. The molecule has 0 fully saturated rings. The Kier molecular flexibility index (Phi) is 2.01. The van der Waals surface area contributed by atoms with Crippen molar-refractivity contribution in [2.45, 2.75) is 0 Å². The number of phenolic OH excluding ortho intramolecular Hbond substituents is 1. The molecule has 2 heterocycles. The van der Waals surface area contributed by atoms with Gasteiger partial charge >= 0.3 is 0 Å². The van der Waals surface area contributed by atoms with Gasteiger partial charge in [0.25, 0.3) is 0 Å². The first-order chi connectivity index (χ1) is 8.25. The van der Waals surface area contributed by atoms with Gasteiger partial charge in [0.05, 0.1) is 11.7 Å². The highest BCUT2D eigenvalue weighted by molar-refractivity contribution is 5.66. The number of anilines is 1. The smallest absolute Gasteiger partial charge is 0.146 e. The fraction of sp³-hybridized carbons (Fsp3) is 0. The lowest BCUT2D eigenvalue weighted by molar-refractivity contribution is 0.475. The summed E-state index contributed by atoms with van der Waals surface area (Å²) in [6.45, 7) is 0. The highest BCUT2D eigenvalue weighted by Gasteiger charge is 2.08. The summed E-state index contributed by atoms with van der Waals surface area (Å²) < 4.78 is 1.86. The van der Waals surface area contributed by atoms with Crippen LogP contribution >= 0.6 is 0 Å². The molecule has 4 nitrogen and oxygen atoms in total. The summed E-state index contributed by atoms with van der Waals surface area (Å²) in [5.74, 6) is 1.57. The molecular weight excluding hydrogens is 214 g/mol. The zero-order chi connectivity index (χ0) is 11.8. The lowest BCUT2D eigenvalue weighted by Gasteiger charge is -2.05. The second-order valence-electron chi connectivity index (χ2n) is 3.84. The fourth-order valence-electron chi connectivity index (χ4n) is 1.92. The fourth-order valence-corrected chi connectivity index (χ4v) is 1.92. The van der Waals surface area contributed by atoms with Crippen molar-refractivity contribution in [3.05, 3.63) is 48.7 Å². The zero-order valence-electron chi connectivity index (χ0n) is 9.04. The van der Waals surface area contributed by atoms with Gasteiger partial charge in [0.2, 0.25) is 0 Å². The molecule has 3 N–H and O–H groups in total. The number of hydrogen-bond donors (Lipinski definition) is 2. The summed E-state index contributed by atoms with van der Waals surface area (Å²) in [5, 5.41) is 9.48. The van der Waals surface area contributed by atoms with Gasteiger partial charge in [0, 0.05) is 5.56 Å². The Morgan fingerprint density at radius 1 is 1.12 bits per heavy atom. The van der Waals surface area contributed by atoms with Crippen molar-refractivity contribution >= 4 is 11.3 Å². The number of nitrogen functional groups attached to an aromatic ring is 1. The zero-order valence-corrected chi connectivity index (χ0v) is 9.04. The average molecular weight is 225 g/mol. The Morgan fingerprint density at radius 2 is 1.94 bits per heavy atom. The number of phenols is 1. The van der Waals surface area contributed by atoms with E-state index < -0.39 is 0 Å². The Balaban J connectivity index is 2.31. The molecule has 0 spiro atoms. The van der Waals surface area contributed by atoms with Crippen LogP contribution in [0.25, 0.3) is 16.9 Å². The van der Waals surface area contributed by atoms with Crippen LogP contribution in [0, 0.1) is 0 Å². The number of benzene rings is 1. The van der Waals surface area contributed by atoms with Crippen molar-refractivity contribution in [3.8, 4) is 17.1 Å². The van der Waals surface area contributed by atoms with E-state index in [2.05, 4.69) is 4.98 Å². The van der Waals surface area contributed by atoms with E-state index >= 15 is 0 Å². The van der Waals surface area contributed by atoms with Crippen molar-refractivity contribution in [2.75, 3.05) is 5.73 Å². The van der Waals surface area contributed by atoms with E-state index in [0.717, 1.165) is 16.9 Å². The average Bonchev–Trinajstić information content (AvgIpc) is 2.74. The van der Waals surface area contributed by atoms with Crippen molar-refractivity contribution in [1.29, 1.82) is 0 Å². The monoisotopic (exact) mass is 225 g/mol. The highest BCUT2D eigenvalue weighted by atomic mass is 16.3. The number of nitrogens with zero attached hydrogens (tertiary/aromatic N) is 2. The van der Waals surface area contributed by atoms with Crippen LogP contribution in [-0.4, -0.2) is 14.5 Å². The second kappa shape index (κ2) is 3.52. The number of fused-ring (bicyclic) bond motifs is 1. The number of hydrogen-bond acceptors (Lipinski definition) is 3. The molecule has 0 aliphatic rings. The van der Waals surface area contributed by atoms with Crippen molar-refractivity contribution in [1.82, 2.24) is 9.38 Å². The molecule has 0 saturated carbocycles. The van der Waals surface area contributed by atoms with Crippen LogP contribution in [0.5, 0.6) is 5.75 Å². The Bertz CT molecular complexity index is 688. The van der Waals surface area contributed by atoms with Gasteiger partial charge in [-0.3, -0.25) is 4.40 Å². The predicted molar refractivity (Wildman–Crippen MR) is 66.7 cm³/mol. The van der Waals surface area contributed by atoms with Crippen LogP contribution < -0.4 is 5.73 Å². The van der Waals surface area contributed by atoms with E-state index in [1.165, 1.54) is 0 Å². The summed E-state index contributed by atoms with van der Waals surface area (Å²) >= 11 is 0. The van der Waals surface area contributed by atoms with E-state index in [9.17, 15) is 5.11 Å². The Labute approximate surface area is 98.0 Å². The first-order valence-corrected chi connectivity index (χ1v) is 5.27. The van der Waals surface area contributed by atoms with Gasteiger partial charge in [-0.15, -0.1) is 0 Å². The SMILES string of the molecule is Nc1cccc2cnc(-c3cccc(O)c3)n12. The van der Waals surface area contributed by atoms with E-state index in [0.29, 0.717) is 5.82 Å². The standard InChI is InChI=1S/C13H11N3O/c14-12-6-2-4-10-8-15-13(16(10)12)9-3-1-5-11(17)7-9/h1-8,17H,14H2. The molecule has 0 amide bonds. The third kappa shape index (κ3) is 1.50. The van der Waals surface area contributed by atoms with E-state index in [1.807, 2.05) is 28.7 Å². The van der Waals surface area contributed by atoms with E-state index in [-0.39, 0.29) is 5.75 Å². The molecule has 0 aliphatic carbocycles. The molecule has 84 valence electrons. The van der Waals surface area contributed by atoms with Gasteiger partial charge in [0.15, 0.2) is 0 Å². The molecule has 1 aromatic carbocycles. The van der Waals surface area contributed by atoms with Crippen molar-refractivity contribution in [2.24, 2.45) is 0 Å².